The van der Waals surface area contributed by atoms with Crippen LogP contribution < -0.4 is 10.5 Å². The van der Waals surface area contributed by atoms with Crippen molar-refractivity contribution >= 4 is 22.9 Å². The van der Waals surface area contributed by atoms with Crippen LogP contribution in [0.4, 0.5) is 10.6 Å². The Labute approximate surface area is 226 Å². The van der Waals surface area contributed by atoms with Crippen molar-refractivity contribution in [1.29, 1.82) is 0 Å². The largest absolute Gasteiger partial charge is 0.487 e. The summed E-state index contributed by atoms with van der Waals surface area (Å²) in [6.45, 7) is 13.9. The minimum Gasteiger partial charge on any atom is -0.487 e. The van der Waals surface area contributed by atoms with Gasteiger partial charge in [-0.15, -0.1) is 0 Å². The van der Waals surface area contributed by atoms with E-state index >= 15 is 0 Å². The van der Waals surface area contributed by atoms with E-state index in [1.54, 1.807) is 24.9 Å². The van der Waals surface area contributed by atoms with Gasteiger partial charge in [0.15, 0.2) is 23.1 Å². The number of aliphatic hydroxyl groups is 1. The SMILES string of the molecule is CCn1c(-c2nonc2N)nc2c(C#CC(C)(C)O)ncc(OC[C@@H]3CN(C(=O)OC(C)(C)C)CC(C)O3)c21. The Morgan fingerprint density at radius 1 is 1.26 bits per heavy atom. The van der Waals surface area contributed by atoms with Crippen molar-refractivity contribution in [3.63, 3.8) is 0 Å². The number of imidazole rings is 1. The lowest BCUT2D eigenvalue weighted by molar-refractivity contribution is -0.0922. The maximum Gasteiger partial charge on any atom is 0.410 e. The Bertz CT molecular complexity index is 1410. The number of rotatable bonds is 5. The van der Waals surface area contributed by atoms with Gasteiger partial charge in [-0.25, -0.2) is 19.4 Å². The zero-order chi connectivity index (χ0) is 28.5. The number of nitrogen functional groups attached to an aromatic ring is 1. The van der Waals surface area contributed by atoms with Gasteiger partial charge in [-0.1, -0.05) is 5.92 Å². The first-order valence-electron chi connectivity index (χ1n) is 12.7. The summed E-state index contributed by atoms with van der Waals surface area (Å²) in [5.41, 5.74) is 5.81. The molecular formula is C26H35N7O6. The number of hydrogen-bond acceptors (Lipinski definition) is 11. The summed E-state index contributed by atoms with van der Waals surface area (Å²) in [4.78, 5) is 23.5. The van der Waals surface area contributed by atoms with Crippen LogP contribution in [0, 0.1) is 11.8 Å². The summed E-state index contributed by atoms with van der Waals surface area (Å²) in [6, 6.07) is 0. The van der Waals surface area contributed by atoms with Crippen LogP contribution in [0.5, 0.6) is 5.75 Å². The Morgan fingerprint density at radius 2 is 2.00 bits per heavy atom. The van der Waals surface area contributed by atoms with Gasteiger partial charge in [0, 0.05) is 6.54 Å². The first kappa shape index (κ1) is 28.1. The van der Waals surface area contributed by atoms with Gasteiger partial charge in [0.1, 0.15) is 40.6 Å². The first-order chi connectivity index (χ1) is 18.3. The van der Waals surface area contributed by atoms with Crippen molar-refractivity contribution in [2.24, 2.45) is 0 Å². The summed E-state index contributed by atoms with van der Waals surface area (Å²) >= 11 is 0. The summed E-state index contributed by atoms with van der Waals surface area (Å²) < 4.78 is 24.5. The number of anilines is 1. The molecule has 0 radical (unpaired) electrons. The number of nitrogens with zero attached hydrogens (tertiary/aromatic N) is 6. The highest BCUT2D eigenvalue weighted by molar-refractivity contribution is 5.89. The number of carbonyl (C=O) groups is 1. The molecule has 0 bridgehead atoms. The zero-order valence-electron chi connectivity index (χ0n) is 23.3. The molecule has 1 fully saturated rings. The molecule has 1 amide bonds. The molecule has 4 rings (SSSR count). The highest BCUT2D eigenvalue weighted by Gasteiger charge is 2.32. The Balaban J connectivity index is 1.68. The molecule has 39 heavy (non-hydrogen) atoms. The van der Waals surface area contributed by atoms with E-state index < -0.39 is 23.4 Å². The number of nitrogens with two attached hydrogens (primary N) is 1. The third kappa shape index (κ3) is 6.58. The molecule has 0 saturated carbocycles. The molecular weight excluding hydrogens is 506 g/mol. The van der Waals surface area contributed by atoms with Crippen LogP contribution in [-0.4, -0.2) is 84.1 Å². The van der Waals surface area contributed by atoms with E-state index in [0.29, 0.717) is 47.9 Å². The Hall–Kier alpha value is -3.89. The third-order valence-electron chi connectivity index (χ3n) is 5.67. The number of amides is 1. The topological polar surface area (TPSA) is 164 Å². The van der Waals surface area contributed by atoms with Crippen molar-refractivity contribution in [2.75, 3.05) is 25.4 Å². The van der Waals surface area contributed by atoms with Crippen molar-refractivity contribution in [1.82, 2.24) is 29.7 Å². The van der Waals surface area contributed by atoms with Crippen LogP contribution in [0.15, 0.2) is 10.8 Å². The highest BCUT2D eigenvalue weighted by Crippen LogP contribution is 2.33. The lowest BCUT2D eigenvalue weighted by Crippen LogP contribution is -2.52. The van der Waals surface area contributed by atoms with E-state index in [9.17, 15) is 9.90 Å². The van der Waals surface area contributed by atoms with Gasteiger partial charge >= 0.3 is 6.09 Å². The molecule has 3 N–H and O–H groups in total. The van der Waals surface area contributed by atoms with Crippen LogP contribution in [0.1, 0.15) is 54.2 Å². The van der Waals surface area contributed by atoms with E-state index in [-0.39, 0.29) is 24.2 Å². The monoisotopic (exact) mass is 541 g/mol. The average molecular weight is 542 g/mol. The lowest BCUT2D eigenvalue weighted by atomic mass is 10.1. The van der Waals surface area contributed by atoms with Crippen LogP contribution in [0.2, 0.25) is 0 Å². The van der Waals surface area contributed by atoms with Gasteiger partial charge in [-0.05, 0) is 64.7 Å². The summed E-state index contributed by atoms with van der Waals surface area (Å²) in [6.07, 6.45) is 0.553. The van der Waals surface area contributed by atoms with Crippen molar-refractivity contribution in [2.45, 2.75) is 78.4 Å². The molecule has 13 heteroatoms. The number of ether oxygens (including phenoxy) is 3. The van der Waals surface area contributed by atoms with Crippen molar-refractivity contribution in [3.05, 3.63) is 11.9 Å². The van der Waals surface area contributed by atoms with E-state index in [4.69, 9.17) is 29.6 Å². The van der Waals surface area contributed by atoms with Gasteiger partial charge in [0.05, 0.1) is 25.4 Å². The van der Waals surface area contributed by atoms with Gasteiger partial charge < -0.3 is 34.5 Å². The fourth-order valence-corrected chi connectivity index (χ4v) is 4.16. The van der Waals surface area contributed by atoms with Gasteiger partial charge in [0.2, 0.25) is 0 Å². The number of aryl methyl sites for hydroxylation is 1. The normalized spacial score (nSPS) is 18.1. The maximum atomic E-state index is 12.7. The van der Waals surface area contributed by atoms with Crippen molar-refractivity contribution in [3.8, 4) is 29.1 Å². The standard InChI is InChI=1S/C26H35N7O6/c1-8-33-21-18(36-14-16-13-32(12-15(2)37-16)24(34)38-25(3,4)5)11-28-17(9-10-26(6,7)35)19(21)29-23(33)20-22(27)31-39-30-20/h11,15-16,35H,8,12-14H2,1-7H3,(H2,27,31)/t15?,16-/m0/s1. The highest BCUT2D eigenvalue weighted by atomic mass is 16.6. The summed E-state index contributed by atoms with van der Waals surface area (Å²) in [7, 11) is 0. The fourth-order valence-electron chi connectivity index (χ4n) is 4.16. The van der Waals surface area contributed by atoms with E-state index in [1.807, 2.05) is 39.2 Å². The molecule has 4 heterocycles. The molecule has 1 aliphatic rings. The minimum absolute atomic E-state index is 0.0892. The second-order valence-corrected chi connectivity index (χ2v) is 10.9. The fraction of sp³-hybridized carbons (Fsp3) is 0.577. The summed E-state index contributed by atoms with van der Waals surface area (Å²) in [5.74, 6) is 6.62. The molecule has 0 aliphatic carbocycles. The maximum absolute atomic E-state index is 12.7. The molecule has 1 saturated heterocycles. The zero-order valence-corrected chi connectivity index (χ0v) is 23.3. The van der Waals surface area contributed by atoms with Crippen LogP contribution in [-0.2, 0) is 16.0 Å². The summed E-state index contributed by atoms with van der Waals surface area (Å²) in [5, 5.41) is 17.7. The molecule has 1 aliphatic heterocycles. The number of morpholine rings is 1. The van der Waals surface area contributed by atoms with Crippen LogP contribution in [0.3, 0.4) is 0 Å². The second-order valence-electron chi connectivity index (χ2n) is 10.9. The molecule has 3 aromatic rings. The van der Waals surface area contributed by atoms with Gasteiger partial charge in [-0.2, -0.15) is 0 Å². The number of fused-ring (bicyclic) bond motifs is 1. The third-order valence-corrected chi connectivity index (χ3v) is 5.67. The van der Waals surface area contributed by atoms with E-state index in [0.717, 1.165) is 0 Å². The molecule has 3 aromatic heterocycles. The van der Waals surface area contributed by atoms with Crippen LogP contribution >= 0.6 is 0 Å². The van der Waals surface area contributed by atoms with Crippen LogP contribution in [0.25, 0.3) is 22.6 Å². The van der Waals surface area contributed by atoms with Crippen molar-refractivity contribution < 1.29 is 28.7 Å². The minimum atomic E-state index is -1.23. The first-order valence-corrected chi connectivity index (χ1v) is 12.7. The number of hydrogen-bond donors (Lipinski definition) is 2. The number of aromatic nitrogens is 5. The van der Waals surface area contributed by atoms with E-state index in [2.05, 4.69) is 27.1 Å². The number of pyridine rings is 1. The van der Waals surface area contributed by atoms with Gasteiger partial charge in [-0.3, -0.25) is 0 Å². The molecule has 1 unspecified atom stereocenters. The number of carbonyl (C=O) groups excluding carboxylic acids is 1. The Morgan fingerprint density at radius 3 is 2.62 bits per heavy atom. The smallest absolute Gasteiger partial charge is 0.410 e. The molecule has 2 atom stereocenters. The predicted molar refractivity (Wildman–Crippen MR) is 142 cm³/mol. The average Bonchev–Trinajstić information content (AvgIpc) is 3.42. The molecule has 0 spiro atoms. The Kier molecular flexibility index (Phi) is 7.72. The van der Waals surface area contributed by atoms with E-state index in [1.165, 1.54) is 0 Å². The molecule has 13 nitrogen and oxygen atoms in total. The second kappa shape index (κ2) is 10.7. The quantitative estimate of drug-likeness (QED) is 0.456. The van der Waals surface area contributed by atoms with Gasteiger partial charge in [0.25, 0.3) is 0 Å². The predicted octanol–water partition coefficient (Wildman–Crippen LogP) is 2.61. The lowest BCUT2D eigenvalue weighted by Gasteiger charge is -2.37. The molecule has 210 valence electrons. The molecule has 0 aromatic carbocycles.